The third-order valence-electron chi connectivity index (χ3n) is 2.46. The van der Waals surface area contributed by atoms with Gasteiger partial charge in [0.2, 0.25) is 0 Å². The summed E-state index contributed by atoms with van der Waals surface area (Å²) in [6.45, 7) is 6.47. The molecular weight excluding hydrogens is 276 g/mol. The SMILES string of the molecule is C=C(CC(=O)OCC(=O)CCC)C(=O)OCC(=O)CCC. The van der Waals surface area contributed by atoms with Crippen LogP contribution < -0.4 is 0 Å². The lowest BCUT2D eigenvalue weighted by atomic mass is 10.2. The van der Waals surface area contributed by atoms with Gasteiger partial charge in [-0.3, -0.25) is 14.4 Å². The molecule has 118 valence electrons. The number of Topliss-reactive ketones (excluding diaryl/α,β-unsaturated/α-hetero) is 2. The van der Waals surface area contributed by atoms with E-state index in [1.54, 1.807) is 0 Å². The van der Waals surface area contributed by atoms with Crippen LogP contribution in [0, 0.1) is 0 Å². The summed E-state index contributed by atoms with van der Waals surface area (Å²) < 4.78 is 9.44. The molecule has 0 N–H and O–H groups in total. The molecule has 0 saturated carbocycles. The fourth-order valence-corrected chi connectivity index (χ4v) is 1.41. The highest BCUT2D eigenvalue weighted by Crippen LogP contribution is 2.04. The van der Waals surface area contributed by atoms with E-state index in [0.29, 0.717) is 25.7 Å². The highest BCUT2D eigenvalue weighted by Gasteiger charge is 2.16. The second-order valence-electron chi connectivity index (χ2n) is 4.59. The van der Waals surface area contributed by atoms with Gasteiger partial charge in [-0.15, -0.1) is 0 Å². The first-order chi connectivity index (χ1) is 9.90. The number of esters is 2. The topological polar surface area (TPSA) is 86.7 Å². The Bertz CT molecular complexity index is 410. The summed E-state index contributed by atoms with van der Waals surface area (Å²) in [7, 11) is 0. The maximum atomic E-state index is 11.5. The van der Waals surface area contributed by atoms with Crippen molar-refractivity contribution in [3.63, 3.8) is 0 Å². The number of hydrogen-bond acceptors (Lipinski definition) is 6. The predicted octanol–water partition coefficient (Wildman–Crippen LogP) is 1.76. The average molecular weight is 298 g/mol. The Balaban J connectivity index is 4.00. The van der Waals surface area contributed by atoms with Gasteiger partial charge in [-0.1, -0.05) is 20.4 Å². The first-order valence-corrected chi connectivity index (χ1v) is 6.94. The third-order valence-corrected chi connectivity index (χ3v) is 2.46. The Kier molecular flexibility index (Phi) is 9.75. The van der Waals surface area contributed by atoms with Crippen LogP contribution in [-0.2, 0) is 28.7 Å². The standard InChI is InChI=1S/C15H22O6/c1-4-6-12(16)9-20-14(18)8-11(3)15(19)21-10-13(17)7-5-2/h3-10H2,1-2H3. The van der Waals surface area contributed by atoms with Gasteiger partial charge < -0.3 is 9.47 Å². The van der Waals surface area contributed by atoms with Crippen LogP contribution in [0.1, 0.15) is 46.0 Å². The monoisotopic (exact) mass is 298 g/mol. The van der Waals surface area contributed by atoms with Gasteiger partial charge in [-0.2, -0.15) is 0 Å². The van der Waals surface area contributed by atoms with Crippen molar-refractivity contribution in [1.29, 1.82) is 0 Å². The Labute approximate surface area is 124 Å². The van der Waals surface area contributed by atoms with Gasteiger partial charge in [-0.25, -0.2) is 4.79 Å². The molecule has 6 nitrogen and oxygen atoms in total. The van der Waals surface area contributed by atoms with Crippen molar-refractivity contribution in [3.05, 3.63) is 12.2 Å². The normalized spacial score (nSPS) is 9.81. The molecule has 0 rings (SSSR count). The van der Waals surface area contributed by atoms with E-state index in [-0.39, 0.29) is 36.8 Å². The highest BCUT2D eigenvalue weighted by molar-refractivity contribution is 5.95. The van der Waals surface area contributed by atoms with Gasteiger partial charge in [-0.05, 0) is 12.8 Å². The fraction of sp³-hybridized carbons (Fsp3) is 0.600. The van der Waals surface area contributed by atoms with E-state index in [0.717, 1.165) is 0 Å². The Morgan fingerprint density at radius 2 is 1.33 bits per heavy atom. The van der Waals surface area contributed by atoms with E-state index in [9.17, 15) is 19.2 Å². The zero-order valence-corrected chi connectivity index (χ0v) is 12.6. The summed E-state index contributed by atoms with van der Waals surface area (Å²) in [5, 5.41) is 0. The first-order valence-electron chi connectivity index (χ1n) is 6.94. The second-order valence-corrected chi connectivity index (χ2v) is 4.59. The van der Waals surface area contributed by atoms with Gasteiger partial charge in [0.1, 0.15) is 13.2 Å². The molecule has 0 bridgehead atoms. The molecular formula is C15H22O6. The maximum Gasteiger partial charge on any atom is 0.334 e. The lowest BCUT2D eigenvalue weighted by Gasteiger charge is -2.07. The Hall–Kier alpha value is -1.98. The predicted molar refractivity (Wildman–Crippen MR) is 75.5 cm³/mol. The molecule has 0 radical (unpaired) electrons. The average Bonchev–Trinajstić information content (AvgIpc) is 2.43. The minimum absolute atomic E-state index is 0.104. The summed E-state index contributed by atoms with van der Waals surface area (Å²) >= 11 is 0. The van der Waals surface area contributed by atoms with E-state index in [4.69, 9.17) is 9.47 Å². The largest absolute Gasteiger partial charge is 0.457 e. The van der Waals surface area contributed by atoms with Crippen LogP contribution in [0.3, 0.4) is 0 Å². The summed E-state index contributed by atoms with van der Waals surface area (Å²) in [5.41, 5.74) is -0.104. The number of hydrogen-bond donors (Lipinski definition) is 0. The van der Waals surface area contributed by atoms with E-state index in [1.165, 1.54) is 0 Å². The molecule has 0 spiro atoms. The summed E-state index contributed by atoms with van der Waals surface area (Å²) in [6.07, 6.45) is 1.67. The lowest BCUT2D eigenvalue weighted by Crippen LogP contribution is -2.18. The molecule has 0 unspecified atom stereocenters. The smallest absolute Gasteiger partial charge is 0.334 e. The summed E-state index contributed by atoms with van der Waals surface area (Å²) in [5.74, 6) is -1.90. The van der Waals surface area contributed by atoms with Crippen LogP contribution >= 0.6 is 0 Å². The van der Waals surface area contributed by atoms with Gasteiger partial charge in [0.15, 0.2) is 11.6 Å². The Morgan fingerprint density at radius 1 is 0.857 bits per heavy atom. The minimum atomic E-state index is -0.809. The molecule has 0 amide bonds. The fourth-order valence-electron chi connectivity index (χ4n) is 1.41. The molecule has 0 aromatic heterocycles. The third kappa shape index (κ3) is 9.54. The molecule has 0 aromatic rings. The van der Waals surface area contributed by atoms with Crippen molar-refractivity contribution in [2.24, 2.45) is 0 Å². The molecule has 6 heteroatoms. The molecule has 0 heterocycles. The van der Waals surface area contributed by atoms with Crippen molar-refractivity contribution < 1.29 is 28.7 Å². The zero-order valence-electron chi connectivity index (χ0n) is 12.6. The van der Waals surface area contributed by atoms with Crippen molar-refractivity contribution in [3.8, 4) is 0 Å². The minimum Gasteiger partial charge on any atom is -0.457 e. The molecule has 0 aliphatic rings. The quantitative estimate of drug-likeness (QED) is 0.426. The van der Waals surface area contributed by atoms with Crippen molar-refractivity contribution in [2.75, 3.05) is 13.2 Å². The van der Waals surface area contributed by atoms with E-state index >= 15 is 0 Å². The van der Waals surface area contributed by atoms with Crippen LogP contribution in [0.15, 0.2) is 12.2 Å². The van der Waals surface area contributed by atoms with Gasteiger partial charge in [0.05, 0.1) is 6.42 Å². The van der Waals surface area contributed by atoms with Crippen LogP contribution in [0.25, 0.3) is 0 Å². The van der Waals surface area contributed by atoms with Gasteiger partial charge in [0.25, 0.3) is 0 Å². The van der Waals surface area contributed by atoms with Crippen molar-refractivity contribution >= 4 is 23.5 Å². The molecule has 0 aliphatic carbocycles. The molecule has 0 saturated heterocycles. The van der Waals surface area contributed by atoms with Crippen molar-refractivity contribution in [2.45, 2.75) is 46.0 Å². The lowest BCUT2D eigenvalue weighted by molar-refractivity contribution is -0.149. The van der Waals surface area contributed by atoms with Gasteiger partial charge in [0, 0.05) is 18.4 Å². The number of rotatable bonds is 11. The summed E-state index contributed by atoms with van der Waals surface area (Å²) in [6, 6.07) is 0. The number of ether oxygens (including phenoxy) is 2. The maximum absolute atomic E-state index is 11.5. The first kappa shape index (κ1) is 19.0. The van der Waals surface area contributed by atoms with Crippen LogP contribution in [0.2, 0.25) is 0 Å². The second kappa shape index (κ2) is 10.8. The molecule has 0 fully saturated rings. The van der Waals surface area contributed by atoms with Crippen LogP contribution in [-0.4, -0.2) is 36.7 Å². The molecule has 0 aromatic carbocycles. The van der Waals surface area contributed by atoms with E-state index in [1.807, 2.05) is 13.8 Å². The molecule has 0 atom stereocenters. The Morgan fingerprint density at radius 3 is 1.81 bits per heavy atom. The summed E-state index contributed by atoms with van der Waals surface area (Å²) in [4.78, 5) is 45.2. The van der Waals surface area contributed by atoms with E-state index in [2.05, 4.69) is 6.58 Å². The molecule has 0 aliphatic heterocycles. The van der Waals surface area contributed by atoms with Crippen LogP contribution in [0.5, 0.6) is 0 Å². The van der Waals surface area contributed by atoms with Crippen LogP contribution in [0.4, 0.5) is 0 Å². The highest BCUT2D eigenvalue weighted by atomic mass is 16.5. The van der Waals surface area contributed by atoms with E-state index < -0.39 is 11.9 Å². The molecule has 21 heavy (non-hydrogen) atoms. The van der Waals surface area contributed by atoms with Crippen molar-refractivity contribution in [1.82, 2.24) is 0 Å². The number of carbonyl (C=O) groups excluding carboxylic acids is 4. The number of ketones is 2. The van der Waals surface area contributed by atoms with Gasteiger partial charge >= 0.3 is 11.9 Å². The number of carbonyl (C=O) groups is 4. The zero-order chi connectivity index (χ0) is 16.3.